The number of carboxylic acid groups (broad SMARTS) is 1. The summed E-state index contributed by atoms with van der Waals surface area (Å²) in [4.78, 5) is 39.6. The number of carbonyl (C=O) groups excluding carboxylic acids is 2. The number of esters is 1. The first-order valence-corrected chi connectivity index (χ1v) is 12.9. The van der Waals surface area contributed by atoms with Crippen LogP contribution < -0.4 is 15.5 Å². The Bertz CT molecular complexity index is 826. The molecule has 0 aliphatic carbocycles. The predicted molar refractivity (Wildman–Crippen MR) is 149 cm³/mol. The van der Waals surface area contributed by atoms with Crippen LogP contribution >= 0.6 is 45.7 Å². The molecule has 0 spiro atoms. The summed E-state index contributed by atoms with van der Waals surface area (Å²) in [5.74, 6) is -0.619. The molecule has 11 heteroatoms. The number of nitrogens with one attached hydrogen (secondary N) is 2. The molecule has 0 radical (unpaired) electrons. The summed E-state index contributed by atoms with van der Waals surface area (Å²) < 4.78 is 5.28. The van der Waals surface area contributed by atoms with Gasteiger partial charge in [0.05, 0.1) is 18.3 Å². The number of thioether (sulfide) groups is 1. The minimum atomic E-state index is -1.08. The summed E-state index contributed by atoms with van der Waals surface area (Å²) in [7, 11) is 0. The molecule has 8 nitrogen and oxygen atoms in total. The lowest BCUT2D eigenvalue weighted by molar-refractivity contribution is -0.146. The second-order valence-electron chi connectivity index (χ2n) is 8.60. The van der Waals surface area contributed by atoms with E-state index in [9.17, 15) is 19.5 Å². The molecule has 1 amide bonds. The summed E-state index contributed by atoms with van der Waals surface area (Å²) in [6, 6.07) is 6.02. The van der Waals surface area contributed by atoms with Gasteiger partial charge in [0, 0.05) is 10.6 Å². The average molecular weight is 639 g/mol. The second kappa shape index (κ2) is 16.6. The van der Waals surface area contributed by atoms with Crippen LogP contribution in [0.3, 0.4) is 0 Å². The van der Waals surface area contributed by atoms with Gasteiger partial charge in [-0.1, -0.05) is 31.4 Å². The minimum Gasteiger partial charge on any atom is -0.480 e. The van der Waals surface area contributed by atoms with E-state index in [1.54, 1.807) is 19.1 Å². The molecule has 1 aromatic rings. The fourth-order valence-corrected chi connectivity index (χ4v) is 5.56. The Morgan fingerprint density at radius 2 is 1.94 bits per heavy atom. The molecule has 1 saturated heterocycles. The number of hydrogen-bond acceptors (Lipinski definition) is 7. The lowest BCUT2D eigenvalue weighted by atomic mass is 9.92. The molecular formula is C24H37Br2N3O5S. The second-order valence-corrected chi connectivity index (χ2v) is 9.66. The van der Waals surface area contributed by atoms with Crippen LogP contribution in [0.15, 0.2) is 29.2 Å². The Kier molecular flexibility index (Phi) is 15.1. The Hall–Kier alpha value is -1.14. The highest BCUT2D eigenvalue weighted by molar-refractivity contribution is 8.93. The number of benzene rings is 1. The van der Waals surface area contributed by atoms with E-state index in [1.165, 1.54) is 29.5 Å². The molecule has 0 bridgehead atoms. The zero-order valence-corrected chi connectivity index (χ0v) is 24.3. The lowest BCUT2D eigenvalue weighted by Crippen LogP contribution is -2.54. The van der Waals surface area contributed by atoms with Crippen LogP contribution in [0.25, 0.3) is 0 Å². The molecule has 35 heavy (non-hydrogen) atoms. The molecule has 0 aromatic heterocycles. The van der Waals surface area contributed by atoms with Gasteiger partial charge in [-0.05, 0) is 57.3 Å². The van der Waals surface area contributed by atoms with E-state index in [2.05, 4.69) is 10.6 Å². The van der Waals surface area contributed by atoms with Gasteiger partial charge in [-0.3, -0.25) is 24.6 Å². The Morgan fingerprint density at radius 3 is 2.63 bits per heavy atom. The molecular weight excluding hydrogens is 602 g/mol. The summed E-state index contributed by atoms with van der Waals surface area (Å²) >= 11 is 1.49. The number of carbonyl (C=O) groups is 3. The number of ether oxygens (including phenoxy) is 1. The maximum atomic E-state index is 13.3. The van der Waals surface area contributed by atoms with E-state index in [0.29, 0.717) is 17.9 Å². The third kappa shape index (κ3) is 9.68. The number of nitrogens with zero attached hydrogens (tertiary/aromatic N) is 1. The maximum Gasteiger partial charge on any atom is 0.323 e. The first-order chi connectivity index (χ1) is 16.0. The standard InChI is InChI=1S/C24H35N3O5S.2BrH/c1-2-32-24(31)18(8-4-3-7-17-11-13-25-14-12-17)26-19-16-33-21-10-6-5-9-20(21)27(23(19)30)15-22(28)29;;/h5-6,9-10,17-19,25-26H,2-4,7-8,11-16H2,1H3,(H,28,29);2*1H/t18-,19?;;/m1../s1. The highest BCUT2D eigenvalue weighted by atomic mass is 79.9. The number of para-hydroxylation sites is 1. The highest BCUT2D eigenvalue weighted by Gasteiger charge is 2.34. The number of aliphatic carboxylic acids is 1. The molecule has 1 aromatic carbocycles. The molecule has 2 atom stereocenters. The van der Waals surface area contributed by atoms with Crippen LogP contribution in [0.4, 0.5) is 5.69 Å². The van der Waals surface area contributed by atoms with Crippen molar-refractivity contribution < 1.29 is 24.2 Å². The number of amides is 1. The average Bonchev–Trinajstić information content (AvgIpc) is 2.93. The monoisotopic (exact) mass is 637 g/mol. The zero-order chi connectivity index (χ0) is 23.6. The van der Waals surface area contributed by atoms with Crippen LogP contribution in [0.5, 0.6) is 0 Å². The normalized spacial score (nSPS) is 18.9. The van der Waals surface area contributed by atoms with E-state index >= 15 is 0 Å². The SMILES string of the molecule is Br.Br.CCOC(=O)[C@@H](CCCCC1CCNCC1)NC1CSc2ccccc2N(CC(=O)O)C1=O. The number of piperidine rings is 1. The van der Waals surface area contributed by atoms with E-state index in [4.69, 9.17) is 4.74 Å². The van der Waals surface area contributed by atoms with Gasteiger partial charge in [-0.15, -0.1) is 45.7 Å². The topological polar surface area (TPSA) is 108 Å². The molecule has 2 aliphatic heterocycles. The molecule has 2 aliphatic rings. The zero-order valence-electron chi connectivity index (χ0n) is 20.1. The van der Waals surface area contributed by atoms with Crippen molar-refractivity contribution in [1.29, 1.82) is 0 Å². The molecule has 1 fully saturated rings. The van der Waals surface area contributed by atoms with Crippen molar-refractivity contribution in [1.82, 2.24) is 10.6 Å². The fourth-order valence-electron chi connectivity index (χ4n) is 4.48. The van der Waals surface area contributed by atoms with Gasteiger partial charge in [0.15, 0.2) is 0 Å². The minimum absolute atomic E-state index is 0. The van der Waals surface area contributed by atoms with E-state index in [-0.39, 0.29) is 52.4 Å². The predicted octanol–water partition coefficient (Wildman–Crippen LogP) is 3.82. The summed E-state index contributed by atoms with van der Waals surface area (Å²) in [6.45, 7) is 3.78. The number of hydrogen-bond donors (Lipinski definition) is 3. The fraction of sp³-hybridized carbons (Fsp3) is 0.625. The van der Waals surface area contributed by atoms with Crippen molar-refractivity contribution in [2.75, 3.05) is 36.9 Å². The van der Waals surface area contributed by atoms with Crippen LogP contribution in [0.2, 0.25) is 0 Å². The number of fused-ring (bicyclic) bond motifs is 1. The number of rotatable bonds is 11. The Labute approximate surface area is 232 Å². The van der Waals surface area contributed by atoms with Crippen LogP contribution in [-0.4, -0.2) is 67.0 Å². The molecule has 3 N–H and O–H groups in total. The summed E-state index contributed by atoms with van der Waals surface area (Å²) in [6.07, 6.45) is 6.04. The van der Waals surface area contributed by atoms with Gasteiger partial charge in [0.2, 0.25) is 5.91 Å². The first kappa shape index (κ1) is 31.9. The van der Waals surface area contributed by atoms with Crippen molar-refractivity contribution >= 4 is 69.3 Å². The van der Waals surface area contributed by atoms with Crippen molar-refractivity contribution in [3.8, 4) is 0 Å². The van der Waals surface area contributed by atoms with Gasteiger partial charge in [0.25, 0.3) is 0 Å². The van der Waals surface area contributed by atoms with Crippen molar-refractivity contribution in [3.05, 3.63) is 24.3 Å². The molecule has 3 rings (SSSR count). The maximum absolute atomic E-state index is 13.3. The number of anilines is 1. The third-order valence-electron chi connectivity index (χ3n) is 6.21. The number of carboxylic acids is 1. The van der Waals surface area contributed by atoms with Gasteiger partial charge in [0.1, 0.15) is 12.6 Å². The van der Waals surface area contributed by atoms with E-state index < -0.39 is 24.6 Å². The third-order valence-corrected chi connectivity index (χ3v) is 7.36. The smallest absolute Gasteiger partial charge is 0.323 e. The molecule has 0 saturated carbocycles. The quantitative estimate of drug-likeness (QED) is 0.248. The van der Waals surface area contributed by atoms with Crippen LogP contribution in [0.1, 0.15) is 45.4 Å². The van der Waals surface area contributed by atoms with Crippen LogP contribution in [-0.2, 0) is 19.1 Å². The van der Waals surface area contributed by atoms with Gasteiger partial charge >= 0.3 is 11.9 Å². The lowest BCUT2D eigenvalue weighted by Gasteiger charge is -2.27. The molecule has 198 valence electrons. The van der Waals surface area contributed by atoms with Crippen molar-refractivity contribution in [2.45, 2.75) is 62.4 Å². The summed E-state index contributed by atoms with van der Waals surface area (Å²) in [5, 5.41) is 16.0. The van der Waals surface area contributed by atoms with Crippen molar-refractivity contribution in [3.63, 3.8) is 0 Å². The molecule has 2 heterocycles. The number of halogens is 2. The Morgan fingerprint density at radius 1 is 1.23 bits per heavy atom. The first-order valence-electron chi connectivity index (χ1n) is 11.9. The number of unbranched alkanes of at least 4 members (excludes halogenated alkanes) is 1. The summed E-state index contributed by atoms with van der Waals surface area (Å²) in [5.41, 5.74) is 0.592. The van der Waals surface area contributed by atoms with Gasteiger partial charge in [-0.2, -0.15) is 0 Å². The largest absolute Gasteiger partial charge is 0.480 e. The molecule has 1 unspecified atom stereocenters. The highest BCUT2D eigenvalue weighted by Crippen LogP contribution is 2.34. The van der Waals surface area contributed by atoms with Crippen LogP contribution in [0, 0.1) is 5.92 Å². The van der Waals surface area contributed by atoms with E-state index in [0.717, 1.165) is 43.2 Å². The van der Waals surface area contributed by atoms with Crippen molar-refractivity contribution in [2.24, 2.45) is 5.92 Å². The Balaban J connectivity index is 0.00000306. The van der Waals surface area contributed by atoms with E-state index in [1.807, 2.05) is 12.1 Å². The van der Waals surface area contributed by atoms with Gasteiger partial charge < -0.3 is 15.2 Å². The van der Waals surface area contributed by atoms with Gasteiger partial charge in [-0.25, -0.2) is 0 Å².